The molecule has 0 unspecified atom stereocenters. The highest BCUT2D eigenvalue weighted by Gasteiger charge is 2.13. The van der Waals surface area contributed by atoms with E-state index in [0.29, 0.717) is 19.5 Å². The van der Waals surface area contributed by atoms with Gasteiger partial charge in [0.1, 0.15) is 0 Å². The van der Waals surface area contributed by atoms with Gasteiger partial charge in [0, 0.05) is 9.50 Å². The topological polar surface area (TPSA) is 67.4 Å². The van der Waals surface area contributed by atoms with E-state index < -0.39 is 11.8 Å². The van der Waals surface area contributed by atoms with Gasteiger partial charge < -0.3 is 4.74 Å². The highest BCUT2D eigenvalue weighted by atomic mass is 79.9. The van der Waals surface area contributed by atoms with Crippen LogP contribution >= 0.6 is 55.1 Å². The lowest BCUT2D eigenvalue weighted by Crippen LogP contribution is -2.43. The molecule has 0 aromatic heterocycles. The van der Waals surface area contributed by atoms with Gasteiger partial charge in [-0.2, -0.15) is 0 Å². The van der Waals surface area contributed by atoms with E-state index in [2.05, 4.69) is 42.7 Å². The van der Waals surface area contributed by atoms with Crippen LogP contribution in [0.5, 0.6) is 5.75 Å². The van der Waals surface area contributed by atoms with E-state index in [0.717, 1.165) is 0 Å². The average Bonchev–Trinajstić information content (AvgIpc) is 2.52. The largest absolute Gasteiger partial charge is 0.481 e. The Hall–Kier alpha value is -1.28. The molecule has 2 rings (SSSR count). The van der Waals surface area contributed by atoms with Crippen molar-refractivity contribution in [1.29, 1.82) is 0 Å². The Labute approximate surface area is 164 Å². The molecule has 0 aliphatic carbocycles. The van der Waals surface area contributed by atoms with Crippen molar-refractivity contribution in [2.45, 2.75) is 0 Å². The summed E-state index contributed by atoms with van der Waals surface area (Å²) >= 11 is 18.3. The second-order valence-electron chi connectivity index (χ2n) is 4.47. The van der Waals surface area contributed by atoms with Crippen LogP contribution < -0.4 is 15.6 Å². The molecule has 0 bridgehead atoms. The highest BCUT2D eigenvalue weighted by molar-refractivity contribution is 9.10. The minimum absolute atomic E-state index is 0.263. The number of hydrazine groups is 1. The third kappa shape index (κ3) is 5.11. The van der Waals surface area contributed by atoms with E-state index in [-0.39, 0.29) is 17.4 Å². The Morgan fingerprint density at radius 2 is 1.75 bits per heavy atom. The first kappa shape index (κ1) is 19.1. The number of carbonyl (C=O) groups excluding carboxylic acids is 2. The van der Waals surface area contributed by atoms with Gasteiger partial charge in [0.2, 0.25) is 0 Å². The van der Waals surface area contributed by atoms with E-state index >= 15 is 0 Å². The summed E-state index contributed by atoms with van der Waals surface area (Å²) in [5.41, 5.74) is 4.95. The lowest BCUT2D eigenvalue weighted by molar-refractivity contribution is -0.123. The molecule has 9 heteroatoms. The number of hydrogen-bond acceptors (Lipinski definition) is 3. The fourth-order valence-corrected chi connectivity index (χ4v) is 3.51. The van der Waals surface area contributed by atoms with E-state index in [1.165, 1.54) is 6.07 Å². The van der Waals surface area contributed by atoms with Gasteiger partial charge in [-0.1, -0.05) is 35.3 Å². The van der Waals surface area contributed by atoms with E-state index in [1.807, 2.05) is 0 Å². The molecular weight excluding hydrogens is 487 g/mol. The van der Waals surface area contributed by atoms with Gasteiger partial charge in [0.05, 0.1) is 15.1 Å². The van der Waals surface area contributed by atoms with Crippen molar-refractivity contribution in [3.63, 3.8) is 0 Å². The van der Waals surface area contributed by atoms with Crippen molar-refractivity contribution in [3.05, 3.63) is 61.0 Å². The van der Waals surface area contributed by atoms with Gasteiger partial charge in [0.15, 0.2) is 12.4 Å². The van der Waals surface area contributed by atoms with Gasteiger partial charge >= 0.3 is 0 Å². The molecule has 0 spiro atoms. The highest BCUT2D eigenvalue weighted by Crippen LogP contribution is 2.35. The quantitative estimate of drug-likeness (QED) is 0.618. The summed E-state index contributed by atoms with van der Waals surface area (Å²) in [5.74, 6) is -0.719. The monoisotopic (exact) mass is 494 g/mol. The lowest BCUT2D eigenvalue weighted by atomic mass is 10.2. The average molecular weight is 497 g/mol. The first-order chi connectivity index (χ1) is 11.4. The minimum atomic E-state index is -0.548. The van der Waals surface area contributed by atoms with Crippen LogP contribution in [0.3, 0.4) is 0 Å². The van der Waals surface area contributed by atoms with Gasteiger partial charge in [-0.3, -0.25) is 20.4 Å². The molecule has 0 saturated carbocycles. The number of halogens is 4. The molecule has 0 aliphatic heterocycles. The second kappa shape index (κ2) is 8.71. The molecule has 0 aliphatic rings. The lowest BCUT2D eigenvalue weighted by Gasteiger charge is -2.11. The van der Waals surface area contributed by atoms with Crippen LogP contribution in [-0.2, 0) is 4.79 Å². The molecule has 0 atom stereocenters. The Bertz CT molecular complexity index is 764. The first-order valence-corrected chi connectivity index (χ1v) is 8.83. The Morgan fingerprint density at radius 3 is 2.42 bits per heavy atom. The number of ether oxygens (including phenoxy) is 1. The van der Waals surface area contributed by atoms with Gasteiger partial charge in [-0.25, -0.2) is 0 Å². The molecule has 0 saturated heterocycles. The van der Waals surface area contributed by atoms with Crippen molar-refractivity contribution in [3.8, 4) is 5.75 Å². The summed E-state index contributed by atoms with van der Waals surface area (Å²) in [6.45, 7) is -0.337. The first-order valence-electron chi connectivity index (χ1n) is 6.49. The molecule has 126 valence electrons. The van der Waals surface area contributed by atoms with Crippen molar-refractivity contribution < 1.29 is 14.3 Å². The van der Waals surface area contributed by atoms with E-state index in [4.69, 9.17) is 27.9 Å². The maximum atomic E-state index is 11.9. The fourth-order valence-electron chi connectivity index (χ4n) is 1.68. The molecule has 24 heavy (non-hydrogen) atoms. The van der Waals surface area contributed by atoms with Crippen LogP contribution in [0.4, 0.5) is 0 Å². The van der Waals surface area contributed by atoms with Crippen LogP contribution in [0.25, 0.3) is 0 Å². The molecule has 2 aromatic rings. The third-order valence-electron chi connectivity index (χ3n) is 2.74. The summed E-state index contributed by atoms with van der Waals surface area (Å²) in [6.07, 6.45) is 0. The Balaban J connectivity index is 1.88. The SMILES string of the molecule is O=C(COc1c(Cl)cc(Cl)cc1Br)NNC(=O)c1ccccc1Br. The number of rotatable bonds is 4. The Kier molecular flexibility index (Phi) is 6.91. The van der Waals surface area contributed by atoms with E-state index in [9.17, 15) is 9.59 Å². The summed E-state index contributed by atoms with van der Waals surface area (Å²) < 4.78 is 6.47. The smallest absolute Gasteiger partial charge is 0.276 e. The number of nitrogens with one attached hydrogen (secondary N) is 2. The van der Waals surface area contributed by atoms with Crippen LogP contribution in [0.15, 0.2) is 45.3 Å². The molecule has 0 radical (unpaired) electrons. The van der Waals surface area contributed by atoms with Crippen molar-refractivity contribution in [2.24, 2.45) is 0 Å². The van der Waals surface area contributed by atoms with Crippen LogP contribution in [0.2, 0.25) is 10.0 Å². The molecule has 2 amide bonds. The molecule has 5 nitrogen and oxygen atoms in total. The zero-order valence-corrected chi connectivity index (χ0v) is 16.6. The van der Waals surface area contributed by atoms with Crippen LogP contribution in [0.1, 0.15) is 10.4 Å². The minimum Gasteiger partial charge on any atom is -0.481 e. The van der Waals surface area contributed by atoms with Crippen LogP contribution in [0, 0.1) is 0 Å². The summed E-state index contributed by atoms with van der Waals surface area (Å²) in [5, 5.41) is 0.698. The number of carbonyl (C=O) groups is 2. The van der Waals surface area contributed by atoms with E-state index in [1.54, 1.807) is 30.3 Å². The molecule has 0 heterocycles. The maximum absolute atomic E-state index is 11.9. The molecular formula is C15H10Br2Cl2N2O3. The van der Waals surface area contributed by atoms with Gasteiger partial charge in [-0.15, -0.1) is 0 Å². The summed E-state index contributed by atoms with van der Waals surface area (Å²) in [4.78, 5) is 23.7. The van der Waals surface area contributed by atoms with Crippen molar-refractivity contribution in [2.75, 3.05) is 6.61 Å². The fraction of sp³-hybridized carbons (Fsp3) is 0.0667. The number of amides is 2. The number of benzene rings is 2. The Morgan fingerprint density at radius 1 is 1.04 bits per heavy atom. The van der Waals surface area contributed by atoms with Crippen LogP contribution in [-0.4, -0.2) is 18.4 Å². The summed E-state index contributed by atoms with van der Waals surface area (Å²) in [7, 11) is 0. The standard InChI is InChI=1S/C15H10Br2Cl2N2O3/c16-10-4-2-1-3-9(10)15(23)21-20-13(22)7-24-14-11(17)5-8(18)6-12(14)19/h1-6H,7H2,(H,20,22)(H,21,23). The predicted molar refractivity (Wildman–Crippen MR) is 99.4 cm³/mol. The molecule has 2 N–H and O–H groups in total. The third-order valence-corrected chi connectivity index (χ3v) is 4.52. The van der Waals surface area contributed by atoms with Gasteiger partial charge in [0.25, 0.3) is 11.8 Å². The zero-order valence-electron chi connectivity index (χ0n) is 11.9. The molecule has 2 aromatic carbocycles. The second-order valence-corrected chi connectivity index (χ2v) is 7.02. The number of hydrogen-bond donors (Lipinski definition) is 2. The van der Waals surface area contributed by atoms with Crippen molar-refractivity contribution >= 4 is 66.9 Å². The van der Waals surface area contributed by atoms with Gasteiger partial charge in [-0.05, 0) is 56.1 Å². The maximum Gasteiger partial charge on any atom is 0.276 e. The zero-order chi connectivity index (χ0) is 17.7. The predicted octanol–water partition coefficient (Wildman–Crippen LogP) is 4.36. The van der Waals surface area contributed by atoms with Crippen molar-refractivity contribution in [1.82, 2.24) is 10.9 Å². The normalized spacial score (nSPS) is 10.2. The summed E-state index contributed by atoms with van der Waals surface area (Å²) in [6, 6.07) is 9.92. The molecule has 0 fully saturated rings.